The number of rotatable bonds is 10. The highest BCUT2D eigenvalue weighted by Crippen LogP contribution is 2.23. The Morgan fingerprint density at radius 2 is 1.90 bits per heavy atom. The Hall–Kier alpha value is -3.02. The van der Waals surface area contributed by atoms with Crippen molar-refractivity contribution < 1.29 is 14.3 Å². The Labute approximate surface area is 172 Å². The van der Waals surface area contributed by atoms with E-state index in [1.165, 1.54) is 5.69 Å². The molecular formula is C23H29N3O3. The fraction of sp³-hybridized carbons (Fsp3) is 0.391. The monoisotopic (exact) mass is 395 g/mol. The average molecular weight is 396 g/mol. The van der Waals surface area contributed by atoms with Gasteiger partial charge in [-0.05, 0) is 56.2 Å². The molecule has 6 nitrogen and oxygen atoms in total. The molecule has 1 aliphatic heterocycles. The number of para-hydroxylation sites is 1. The minimum absolute atomic E-state index is 0.0157. The van der Waals surface area contributed by atoms with Crippen molar-refractivity contribution in [2.75, 3.05) is 42.6 Å². The molecule has 1 N–H and O–H groups in total. The van der Waals surface area contributed by atoms with Crippen molar-refractivity contribution in [1.29, 1.82) is 0 Å². The molecule has 0 atom stereocenters. The first-order chi connectivity index (χ1) is 14.2. The third-order valence-corrected chi connectivity index (χ3v) is 5.02. The van der Waals surface area contributed by atoms with E-state index in [-0.39, 0.29) is 18.4 Å². The van der Waals surface area contributed by atoms with E-state index in [0.29, 0.717) is 18.7 Å². The van der Waals surface area contributed by atoms with Crippen LogP contribution >= 0.6 is 0 Å². The molecule has 2 aromatic carbocycles. The predicted octanol–water partition coefficient (Wildman–Crippen LogP) is 3.23. The van der Waals surface area contributed by atoms with Crippen LogP contribution < -0.4 is 19.9 Å². The molecule has 0 aromatic heterocycles. The molecule has 0 unspecified atom stereocenters. The fourth-order valence-electron chi connectivity index (χ4n) is 3.45. The van der Waals surface area contributed by atoms with E-state index < -0.39 is 0 Å². The van der Waals surface area contributed by atoms with E-state index in [4.69, 9.17) is 4.74 Å². The smallest absolute Gasteiger partial charge is 0.257 e. The standard InChI is InChI=1S/C23H29N3O3/c1-2-25(19-8-4-3-5-9-19)16-7-15-24-22(27)18-29-21-13-11-20(12-14-21)26-17-6-10-23(26)28/h3-5,8-9,11-14H,2,6-7,10,15-18H2,1H3,(H,24,27). The van der Waals surface area contributed by atoms with Crippen LogP contribution in [0, 0.1) is 0 Å². The summed E-state index contributed by atoms with van der Waals surface area (Å²) in [6.45, 7) is 5.31. The summed E-state index contributed by atoms with van der Waals surface area (Å²) in [5, 5.41) is 2.90. The quantitative estimate of drug-likeness (QED) is 0.628. The Morgan fingerprint density at radius 1 is 1.14 bits per heavy atom. The number of nitrogens with zero attached hydrogens (tertiary/aromatic N) is 2. The highest BCUT2D eigenvalue weighted by Gasteiger charge is 2.21. The summed E-state index contributed by atoms with van der Waals surface area (Å²) >= 11 is 0. The Bertz CT molecular complexity index is 793. The number of anilines is 2. The summed E-state index contributed by atoms with van der Waals surface area (Å²) in [6, 6.07) is 17.6. The molecule has 0 radical (unpaired) electrons. The maximum absolute atomic E-state index is 12.0. The lowest BCUT2D eigenvalue weighted by Gasteiger charge is -2.23. The number of hydrogen-bond acceptors (Lipinski definition) is 4. The van der Waals surface area contributed by atoms with Crippen LogP contribution in [0.2, 0.25) is 0 Å². The minimum atomic E-state index is -0.133. The largest absolute Gasteiger partial charge is 0.484 e. The van der Waals surface area contributed by atoms with Gasteiger partial charge < -0.3 is 19.9 Å². The predicted molar refractivity (Wildman–Crippen MR) is 115 cm³/mol. The molecule has 1 fully saturated rings. The number of carbonyl (C=O) groups is 2. The summed E-state index contributed by atoms with van der Waals surface area (Å²) in [5.41, 5.74) is 2.08. The van der Waals surface area contributed by atoms with Gasteiger partial charge in [0.2, 0.25) is 5.91 Å². The number of hydrogen-bond donors (Lipinski definition) is 1. The molecule has 0 spiro atoms. The van der Waals surface area contributed by atoms with Crippen LogP contribution in [0.1, 0.15) is 26.2 Å². The third kappa shape index (κ3) is 5.98. The average Bonchev–Trinajstić information content (AvgIpc) is 3.19. The van der Waals surface area contributed by atoms with E-state index in [1.54, 1.807) is 17.0 Å². The molecule has 0 bridgehead atoms. The van der Waals surface area contributed by atoms with Crippen LogP contribution in [0.25, 0.3) is 0 Å². The van der Waals surface area contributed by atoms with Crippen molar-refractivity contribution in [2.45, 2.75) is 26.2 Å². The second-order valence-electron chi connectivity index (χ2n) is 7.05. The summed E-state index contributed by atoms with van der Waals surface area (Å²) in [7, 11) is 0. The van der Waals surface area contributed by atoms with Crippen molar-refractivity contribution in [2.24, 2.45) is 0 Å². The van der Waals surface area contributed by atoms with E-state index in [0.717, 1.165) is 38.2 Å². The first kappa shape index (κ1) is 20.7. The maximum Gasteiger partial charge on any atom is 0.257 e. The van der Waals surface area contributed by atoms with Gasteiger partial charge in [-0.15, -0.1) is 0 Å². The van der Waals surface area contributed by atoms with Crippen LogP contribution in [0.5, 0.6) is 5.75 Å². The van der Waals surface area contributed by atoms with Crippen molar-refractivity contribution in [1.82, 2.24) is 5.32 Å². The van der Waals surface area contributed by atoms with Crippen molar-refractivity contribution in [3.05, 3.63) is 54.6 Å². The van der Waals surface area contributed by atoms with Crippen molar-refractivity contribution >= 4 is 23.2 Å². The Kier molecular flexibility index (Phi) is 7.50. The van der Waals surface area contributed by atoms with E-state index >= 15 is 0 Å². The lowest BCUT2D eigenvalue weighted by molar-refractivity contribution is -0.123. The topological polar surface area (TPSA) is 61.9 Å². The molecule has 2 aromatic rings. The second-order valence-corrected chi connectivity index (χ2v) is 7.05. The van der Waals surface area contributed by atoms with Gasteiger partial charge >= 0.3 is 0 Å². The van der Waals surface area contributed by atoms with Crippen molar-refractivity contribution in [3.63, 3.8) is 0 Å². The molecule has 154 valence electrons. The van der Waals surface area contributed by atoms with Gasteiger partial charge in [-0.2, -0.15) is 0 Å². The van der Waals surface area contributed by atoms with E-state index in [9.17, 15) is 9.59 Å². The highest BCUT2D eigenvalue weighted by molar-refractivity contribution is 5.95. The third-order valence-electron chi connectivity index (χ3n) is 5.02. The summed E-state index contributed by atoms with van der Waals surface area (Å²) in [5.74, 6) is 0.648. The maximum atomic E-state index is 12.0. The first-order valence-electron chi connectivity index (χ1n) is 10.3. The summed E-state index contributed by atoms with van der Waals surface area (Å²) in [4.78, 5) is 27.9. The zero-order chi connectivity index (χ0) is 20.5. The second kappa shape index (κ2) is 10.5. The molecular weight excluding hydrogens is 366 g/mol. The molecule has 1 saturated heterocycles. The molecule has 6 heteroatoms. The molecule has 2 amide bonds. The fourth-order valence-corrected chi connectivity index (χ4v) is 3.45. The zero-order valence-electron chi connectivity index (χ0n) is 17.0. The number of carbonyl (C=O) groups excluding carboxylic acids is 2. The molecule has 0 saturated carbocycles. The number of ether oxygens (including phenoxy) is 1. The van der Waals surface area contributed by atoms with Gasteiger partial charge in [-0.1, -0.05) is 18.2 Å². The lowest BCUT2D eigenvalue weighted by Crippen LogP contribution is -2.32. The molecule has 0 aliphatic carbocycles. The molecule has 3 rings (SSSR count). The zero-order valence-corrected chi connectivity index (χ0v) is 17.0. The Morgan fingerprint density at radius 3 is 2.55 bits per heavy atom. The normalized spacial score (nSPS) is 13.4. The van der Waals surface area contributed by atoms with Gasteiger partial charge in [0.05, 0.1) is 0 Å². The first-order valence-corrected chi connectivity index (χ1v) is 10.3. The van der Waals surface area contributed by atoms with Crippen molar-refractivity contribution in [3.8, 4) is 5.75 Å². The number of amides is 2. The van der Waals surface area contributed by atoms with Gasteiger partial charge in [-0.3, -0.25) is 9.59 Å². The summed E-state index contributed by atoms with van der Waals surface area (Å²) < 4.78 is 5.56. The van der Waals surface area contributed by atoms with Crippen LogP contribution in [0.15, 0.2) is 54.6 Å². The lowest BCUT2D eigenvalue weighted by atomic mass is 10.2. The SMILES string of the molecule is CCN(CCCNC(=O)COc1ccc(N2CCCC2=O)cc1)c1ccccc1. The minimum Gasteiger partial charge on any atom is -0.484 e. The van der Waals surface area contributed by atoms with Crippen LogP contribution in [-0.2, 0) is 9.59 Å². The highest BCUT2D eigenvalue weighted by atomic mass is 16.5. The Balaban J connectivity index is 1.35. The molecule has 1 aliphatic rings. The van der Waals surface area contributed by atoms with E-state index in [2.05, 4.69) is 29.3 Å². The van der Waals surface area contributed by atoms with Crippen LogP contribution in [0.3, 0.4) is 0 Å². The summed E-state index contributed by atoms with van der Waals surface area (Å²) in [6.07, 6.45) is 2.38. The van der Waals surface area contributed by atoms with Crippen LogP contribution in [-0.4, -0.2) is 44.6 Å². The number of nitrogens with one attached hydrogen (secondary N) is 1. The van der Waals surface area contributed by atoms with Gasteiger partial charge in [0, 0.05) is 44.0 Å². The molecule has 29 heavy (non-hydrogen) atoms. The van der Waals surface area contributed by atoms with E-state index in [1.807, 2.05) is 30.3 Å². The molecule has 1 heterocycles. The van der Waals surface area contributed by atoms with Gasteiger partial charge in [0.15, 0.2) is 6.61 Å². The van der Waals surface area contributed by atoms with Gasteiger partial charge in [0.1, 0.15) is 5.75 Å². The number of benzene rings is 2. The van der Waals surface area contributed by atoms with Gasteiger partial charge in [0.25, 0.3) is 5.91 Å². The van der Waals surface area contributed by atoms with Crippen LogP contribution in [0.4, 0.5) is 11.4 Å². The van der Waals surface area contributed by atoms with Gasteiger partial charge in [-0.25, -0.2) is 0 Å².